The molecule has 0 aliphatic carbocycles. The summed E-state index contributed by atoms with van der Waals surface area (Å²) in [5, 5.41) is 0. The van der Waals surface area contributed by atoms with Crippen molar-refractivity contribution < 1.29 is 19.0 Å². The Morgan fingerprint density at radius 3 is 2.81 bits per heavy atom. The third-order valence-electron chi connectivity index (χ3n) is 3.22. The molecule has 0 aromatic heterocycles. The van der Waals surface area contributed by atoms with Crippen LogP contribution in [0.25, 0.3) is 0 Å². The molecule has 0 fully saturated rings. The fraction of sp³-hybridized carbons (Fsp3) is 0.235. The molecule has 21 heavy (non-hydrogen) atoms. The van der Waals surface area contributed by atoms with Gasteiger partial charge in [0.05, 0.1) is 12.2 Å². The summed E-state index contributed by atoms with van der Waals surface area (Å²) in [6.07, 6.45) is 0. The molecule has 2 aromatic carbocycles. The first kappa shape index (κ1) is 13.5. The lowest BCUT2D eigenvalue weighted by Gasteiger charge is -2.20. The Kier molecular flexibility index (Phi) is 3.77. The molecule has 0 amide bonds. The van der Waals surface area contributed by atoms with Gasteiger partial charge in [-0.1, -0.05) is 18.2 Å². The highest BCUT2D eigenvalue weighted by atomic mass is 16.6. The standard InChI is InChI=1S/C17H16O4/c1-2-19-13-6-3-5-12(11-13)16(18)14-7-4-8-15-17(14)21-10-9-20-15/h3-8,11H,2,9-10H2,1H3. The van der Waals surface area contributed by atoms with E-state index in [0.717, 1.165) is 0 Å². The summed E-state index contributed by atoms with van der Waals surface area (Å²) in [6, 6.07) is 12.5. The Bertz CT molecular complexity index is 664. The topological polar surface area (TPSA) is 44.8 Å². The van der Waals surface area contributed by atoms with Gasteiger partial charge in [0, 0.05) is 5.56 Å². The van der Waals surface area contributed by atoms with Crippen LogP contribution in [0.4, 0.5) is 0 Å². The fourth-order valence-corrected chi connectivity index (χ4v) is 2.30. The Balaban J connectivity index is 1.97. The number of ether oxygens (including phenoxy) is 3. The van der Waals surface area contributed by atoms with Crippen LogP contribution in [0.1, 0.15) is 22.8 Å². The molecule has 0 atom stereocenters. The van der Waals surface area contributed by atoms with Crippen molar-refractivity contribution in [3.63, 3.8) is 0 Å². The molecule has 1 aliphatic heterocycles. The Morgan fingerprint density at radius 1 is 1.14 bits per heavy atom. The van der Waals surface area contributed by atoms with Gasteiger partial charge in [-0.3, -0.25) is 4.79 Å². The van der Waals surface area contributed by atoms with Gasteiger partial charge in [-0.2, -0.15) is 0 Å². The summed E-state index contributed by atoms with van der Waals surface area (Å²) in [7, 11) is 0. The number of benzene rings is 2. The Hall–Kier alpha value is -2.49. The molecular formula is C17H16O4. The van der Waals surface area contributed by atoms with E-state index in [-0.39, 0.29) is 5.78 Å². The maximum Gasteiger partial charge on any atom is 0.197 e. The number of ketones is 1. The molecular weight excluding hydrogens is 268 g/mol. The summed E-state index contributed by atoms with van der Waals surface area (Å²) in [5.74, 6) is 1.73. The van der Waals surface area contributed by atoms with Gasteiger partial charge in [0.15, 0.2) is 17.3 Å². The predicted molar refractivity (Wildman–Crippen MR) is 78.5 cm³/mol. The van der Waals surface area contributed by atoms with E-state index in [0.29, 0.717) is 48.2 Å². The van der Waals surface area contributed by atoms with Crippen molar-refractivity contribution in [3.8, 4) is 17.2 Å². The molecule has 0 N–H and O–H groups in total. The highest BCUT2D eigenvalue weighted by molar-refractivity contribution is 6.11. The number of carbonyl (C=O) groups is 1. The van der Waals surface area contributed by atoms with Crippen LogP contribution in [0.5, 0.6) is 17.2 Å². The monoisotopic (exact) mass is 284 g/mol. The first-order valence-electron chi connectivity index (χ1n) is 6.96. The van der Waals surface area contributed by atoms with Gasteiger partial charge in [-0.25, -0.2) is 0 Å². The van der Waals surface area contributed by atoms with Gasteiger partial charge < -0.3 is 14.2 Å². The number of hydrogen-bond donors (Lipinski definition) is 0. The molecule has 0 unspecified atom stereocenters. The molecule has 3 rings (SSSR count). The van der Waals surface area contributed by atoms with Gasteiger partial charge >= 0.3 is 0 Å². The van der Waals surface area contributed by atoms with Crippen LogP contribution in [-0.2, 0) is 0 Å². The van der Waals surface area contributed by atoms with Crippen molar-refractivity contribution in [2.45, 2.75) is 6.92 Å². The van der Waals surface area contributed by atoms with Crippen molar-refractivity contribution in [3.05, 3.63) is 53.6 Å². The minimum Gasteiger partial charge on any atom is -0.494 e. The number of hydrogen-bond acceptors (Lipinski definition) is 4. The van der Waals surface area contributed by atoms with Crippen LogP contribution < -0.4 is 14.2 Å². The van der Waals surface area contributed by atoms with Crippen molar-refractivity contribution in [1.82, 2.24) is 0 Å². The van der Waals surface area contributed by atoms with Gasteiger partial charge in [0.2, 0.25) is 0 Å². The average molecular weight is 284 g/mol. The zero-order valence-corrected chi connectivity index (χ0v) is 11.8. The zero-order valence-electron chi connectivity index (χ0n) is 11.8. The maximum absolute atomic E-state index is 12.7. The van der Waals surface area contributed by atoms with E-state index in [9.17, 15) is 4.79 Å². The predicted octanol–water partition coefficient (Wildman–Crippen LogP) is 3.09. The van der Waals surface area contributed by atoms with E-state index in [2.05, 4.69) is 0 Å². The number of carbonyl (C=O) groups excluding carboxylic acids is 1. The molecule has 1 aliphatic rings. The van der Waals surface area contributed by atoms with Crippen molar-refractivity contribution in [2.24, 2.45) is 0 Å². The zero-order chi connectivity index (χ0) is 14.7. The highest BCUT2D eigenvalue weighted by Crippen LogP contribution is 2.35. The molecule has 1 heterocycles. The van der Waals surface area contributed by atoms with Gasteiger partial charge in [0.25, 0.3) is 0 Å². The highest BCUT2D eigenvalue weighted by Gasteiger charge is 2.21. The summed E-state index contributed by atoms with van der Waals surface area (Å²) in [4.78, 5) is 12.7. The quantitative estimate of drug-likeness (QED) is 0.809. The summed E-state index contributed by atoms with van der Waals surface area (Å²) in [6.45, 7) is 3.43. The second-order valence-corrected chi connectivity index (χ2v) is 4.62. The summed E-state index contributed by atoms with van der Waals surface area (Å²) in [5.41, 5.74) is 1.09. The Labute approximate surface area is 123 Å². The number of para-hydroxylation sites is 1. The lowest BCUT2D eigenvalue weighted by atomic mass is 10.0. The van der Waals surface area contributed by atoms with Crippen LogP contribution in [-0.4, -0.2) is 25.6 Å². The van der Waals surface area contributed by atoms with E-state index in [4.69, 9.17) is 14.2 Å². The largest absolute Gasteiger partial charge is 0.494 e. The summed E-state index contributed by atoms with van der Waals surface area (Å²) >= 11 is 0. The van der Waals surface area contributed by atoms with Gasteiger partial charge in [-0.15, -0.1) is 0 Å². The van der Waals surface area contributed by atoms with E-state index in [1.54, 1.807) is 24.3 Å². The van der Waals surface area contributed by atoms with Gasteiger partial charge in [-0.05, 0) is 31.2 Å². The number of rotatable bonds is 4. The molecule has 0 spiro atoms. The SMILES string of the molecule is CCOc1cccc(C(=O)c2cccc3c2OCCO3)c1. The molecule has 0 saturated carbocycles. The van der Waals surface area contributed by atoms with Crippen LogP contribution in [0, 0.1) is 0 Å². The molecule has 0 radical (unpaired) electrons. The molecule has 4 nitrogen and oxygen atoms in total. The van der Waals surface area contributed by atoms with E-state index in [1.165, 1.54) is 0 Å². The lowest BCUT2D eigenvalue weighted by molar-refractivity contribution is 0.102. The van der Waals surface area contributed by atoms with Crippen molar-refractivity contribution >= 4 is 5.78 Å². The van der Waals surface area contributed by atoms with Gasteiger partial charge in [0.1, 0.15) is 19.0 Å². The summed E-state index contributed by atoms with van der Waals surface area (Å²) < 4.78 is 16.5. The normalized spacial score (nSPS) is 12.8. The van der Waals surface area contributed by atoms with Crippen LogP contribution in [0.3, 0.4) is 0 Å². The third-order valence-corrected chi connectivity index (χ3v) is 3.22. The molecule has 2 aromatic rings. The van der Waals surface area contributed by atoms with E-state index in [1.807, 2.05) is 25.1 Å². The Morgan fingerprint density at radius 2 is 1.95 bits per heavy atom. The molecule has 108 valence electrons. The van der Waals surface area contributed by atoms with E-state index >= 15 is 0 Å². The van der Waals surface area contributed by atoms with Crippen LogP contribution in [0.2, 0.25) is 0 Å². The maximum atomic E-state index is 12.7. The second-order valence-electron chi connectivity index (χ2n) is 4.62. The third kappa shape index (κ3) is 2.70. The van der Waals surface area contributed by atoms with Crippen molar-refractivity contribution in [2.75, 3.05) is 19.8 Å². The minimum atomic E-state index is -0.0982. The number of fused-ring (bicyclic) bond motifs is 1. The molecule has 0 saturated heterocycles. The fourth-order valence-electron chi connectivity index (χ4n) is 2.30. The smallest absolute Gasteiger partial charge is 0.197 e. The van der Waals surface area contributed by atoms with Crippen LogP contribution >= 0.6 is 0 Å². The average Bonchev–Trinajstić information content (AvgIpc) is 2.54. The lowest BCUT2D eigenvalue weighted by Crippen LogP contribution is -2.18. The van der Waals surface area contributed by atoms with E-state index < -0.39 is 0 Å². The van der Waals surface area contributed by atoms with Crippen molar-refractivity contribution in [1.29, 1.82) is 0 Å². The minimum absolute atomic E-state index is 0.0982. The second kappa shape index (κ2) is 5.87. The molecule has 4 heteroatoms. The first-order valence-corrected chi connectivity index (χ1v) is 6.96. The van der Waals surface area contributed by atoms with Crippen LogP contribution in [0.15, 0.2) is 42.5 Å². The molecule has 0 bridgehead atoms. The first-order chi connectivity index (χ1) is 10.3.